The van der Waals surface area contributed by atoms with Crippen molar-refractivity contribution in [1.29, 1.82) is 0 Å². The molecule has 0 aliphatic carbocycles. The Morgan fingerprint density at radius 2 is 2.15 bits per heavy atom. The maximum absolute atomic E-state index is 5.87. The number of methoxy groups -OCH3 is 1. The third-order valence-electron chi connectivity index (χ3n) is 3.30. The Morgan fingerprint density at radius 3 is 2.90 bits per heavy atom. The molecule has 0 saturated heterocycles. The van der Waals surface area contributed by atoms with E-state index in [1.807, 2.05) is 30.6 Å². The van der Waals surface area contributed by atoms with Gasteiger partial charge in [0, 0.05) is 30.6 Å². The molecule has 0 unspecified atom stereocenters. The van der Waals surface area contributed by atoms with Crippen LogP contribution in [0.1, 0.15) is 12.5 Å². The third-order valence-corrected chi connectivity index (χ3v) is 3.30. The van der Waals surface area contributed by atoms with Gasteiger partial charge in [0.05, 0.1) is 19.3 Å². The Bertz CT molecular complexity index is 589. The largest absolute Gasteiger partial charge is 0.497 e. The molecule has 0 radical (unpaired) electrons. The average Bonchev–Trinajstić information content (AvgIpc) is 2.48. The van der Waals surface area contributed by atoms with Crippen molar-refractivity contribution < 1.29 is 9.47 Å². The number of rotatable bonds is 3. The van der Waals surface area contributed by atoms with E-state index in [9.17, 15) is 0 Å². The molecular weight excluding hydrogens is 254 g/mol. The van der Waals surface area contributed by atoms with Gasteiger partial charge in [-0.3, -0.25) is 0 Å². The Kier molecular flexibility index (Phi) is 3.41. The van der Waals surface area contributed by atoms with Crippen LogP contribution in [-0.4, -0.2) is 29.7 Å². The van der Waals surface area contributed by atoms with E-state index in [1.165, 1.54) is 0 Å². The van der Waals surface area contributed by atoms with E-state index in [-0.39, 0.29) is 6.10 Å². The van der Waals surface area contributed by atoms with Crippen LogP contribution < -0.4 is 14.4 Å². The smallest absolute Gasteiger partial charge is 0.143 e. The van der Waals surface area contributed by atoms with Crippen LogP contribution in [0.3, 0.4) is 0 Å². The van der Waals surface area contributed by atoms with Crippen LogP contribution >= 0.6 is 0 Å². The number of hydrogen-bond donors (Lipinski definition) is 0. The summed E-state index contributed by atoms with van der Waals surface area (Å²) in [4.78, 5) is 10.4. The number of nitrogens with zero attached hydrogens (tertiary/aromatic N) is 3. The molecule has 1 atom stereocenters. The highest BCUT2D eigenvalue weighted by atomic mass is 16.5. The van der Waals surface area contributed by atoms with Gasteiger partial charge in [0.25, 0.3) is 0 Å². The molecule has 104 valence electrons. The molecule has 0 saturated carbocycles. The zero-order valence-corrected chi connectivity index (χ0v) is 11.6. The zero-order chi connectivity index (χ0) is 13.9. The lowest BCUT2D eigenvalue weighted by molar-refractivity contribution is 0.211. The van der Waals surface area contributed by atoms with E-state index in [1.54, 1.807) is 13.4 Å². The maximum atomic E-state index is 5.87. The zero-order valence-electron chi connectivity index (χ0n) is 11.6. The second kappa shape index (κ2) is 5.36. The van der Waals surface area contributed by atoms with Gasteiger partial charge in [0.15, 0.2) is 0 Å². The third kappa shape index (κ3) is 2.52. The summed E-state index contributed by atoms with van der Waals surface area (Å²) in [5, 5.41) is 0. The van der Waals surface area contributed by atoms with Crippen LogP contribution in [0.15, 0.2) is 36.9 Å². The SMILES string of the molecule is COc1ccc2c(c1)N(Cc1cncnc1)C[C@@H](C)O2. The number of anilines is 1. The molecule has 1 aromatic heterocycles. The minimum atomic E-state index is 0.153. The maximum Gasteiger partial charge on any atom is 0.143 e. The number of hydrogen-bond acceptors (Lipinski definition) is 5. The van der Waals surface area contributed by atoms with E-state index in [4.69, 9.17) is 9.47 Å². The lowest BCUT2D eigenvalue weighted by Crippen LogP contribution is -2.38. The molecule has 2 heterocycles. The molecule has 1 aliphatic rings. The van der Waals surface area contributed by atoms with Crippen molar-refractivity contribution in [2.75, 3.05) is 18.6 Å². The van der Waals surface area contributed by atoms with Crippen molar-refractivity contribution in [2.24, 2.45) is 0 Å². The first-order valence-corrected chi connectivity index (χ1v) is 6.60. The van der Waals surface area contributed by atoms with Crippen LogP contribution in [0.25, 0.3) is 0 Å². The van der Waals surface area contributed by atoms with Gasteiger partial charge in [-0.2, -0.15) is 0 Å². The van der Waals surface area contributed by atoms with Crippen LogP contribution in [0.4, 0.5) is 5.69 Å². The molecule has 5 nitrogen and oxygen atoms in total. The van der Waals surface area contributed by atoms with E-state index >= 15 is 0 Å². The van der Waals surface area contributed by atoms with Gasteiger partial charge in [-0.1, -0.05) is 0 Å². The van der Waals surface area contributed by atoms with Crippen LogP contribution in [0, 0.1) is 0 Å². The number of benzene rings is 1. The van der Waals surface area contributed by atoms with Crippen molar-refractivity contribution in [3.8, 4) is 11.5 Å². The fraction of sp³-hybridized carbons (Fsp3) is 0.333. The molecule has 0 spiro atoms. The molecule has 0 amide bonds. The molecule has 3 rings (SSSR count). The van der Waals surface area contributed by atoms with Gasteiger partial charge < -0.3 is 14.4 Å². The fourth-order valence-electron chi connectivity index (χ4n) is 2.42. The highest BCUT2D eigenvalue weighted by Crippen LogP contribution is 2.37. The predicted octanol–water partition coefficient (Wildman–Crippen LogP) is 2.27. The van der Waals surface area contributed by atoms with Gasteiger partial charge in [0.2, 0.25) is 0 Å². The van der Waals surface area contributed by atoms with E-state index in [2.05, 4.69) is 21.8 Å². The van der Waals surface area contributed by atoms with Gasteiger partial charge in [0.1, 0.15) is 23.9 Å². The van der Waals surface area contributed by atoms with Gasteiger partial charge in [-0.05, 0) is 19.1 Å². The molecular formula is C15H17N3O2. The van der Waals surface area contributed by atoms with Gasteiger partial charge >= 0.3 is 0 Å². The first-order valence-electron chi connectivity index (χ1n) is 6.60. The Balaban J connectivity index is 1.92. The summed E-state index contributed by atoms with van der Waals surface area (Å²) in [6.45, 7) is 3.66. The van der Waals surface area contributed by atoms with E-state index in [0.717, 1.165) is 35.8 Å². The molecule has 1 aliphatic heterocycles. The molecule has 1 aromatic carbocycles. The highest BCUT2D eigenvalue weighted by Gasteiger charge is 2.23. The molecule has 0 bridgehead atoms. The van der Waals surface area contributed by atoms with Crippen molar-refractivity contribution in [3.63, 3.8) is 0 Å². The molecule has 5 heteroatoms. The quantitative estimate of drug-likeness (QED) is 0.857. The minimum absolute atomic E-state index is 0.153. The summed E-state index contributed by atoms with van der Waals surface area (Å²) < 4.78 is 11.2. The van der Waals surface area contributed by atoms with E-state index in [0.29, 0.717) is 0 Å². The first-order chi connectivity index (χ1) is 9.76. The van der Waals surface area contributed by atoms with Crippen molar-refractivity contribution in [3.05, 3.63) is 42.5 Å². The summed E-state index contributed by atoms with van der Waals surface area (Å²) in [6.07, 6.45) is 5.38. The molecule has 0 N–H and O–H groups in total. The van der Waals surface area contributed by atoms with Crippen LogP contribution in [0.5, 0.6) is 11.5 Å². The standard InChI is InChI=1S/C15H17N3O2/c1-11-8-18(9-12-6-16-10-17-7-12)14-5-13(19-2)3-4-15(14)20-11/h3-7,10-11H,8-9H2,1-2H3/t11-/m1/s1. The predicted molar refractivity (Wildman–Crippen MR) is 76.2 cm³/mol. The number of aromatic nitrogens is 2. The highest BCUT2D eigenvalue weighted by molar-refractivity contribution is 5.63. The van der Waals surface area contributed by atoms with E-state index < -0.39 is 0 Å². The van der Waals surface area contributed by atoms with Crippen molar-refractivity contribution in [1.82, 2.24) is 9.97 Å². The fourth-order valence-corrected chi connectivity index (χ4v) is 2.42. The Labute approximate surface area is 118 Å². The summed E-state index contributed by atoms with van der Waals surface area (Å²) in [7, 11) is 1.67. The number of ether oxygens (including phenoxy) is 2. The van der Waals surface area contributed by atoms with Gasteiger partial charge in [-0.25, -0.2) is 9.97 Å². The minimum Gasteiger partial charge on any atom is -0.497 e. The Hall–Kier alpha value is -2.30. The van der Waals surface area contributed by atoms with Crippen molar-refractivity contribution >= 4 is 5.69 Å². The Morgan fingerprint density at radius 1 is 1.35 bits per heavy atom. The molecule has 0 fully saturated rings. The van der Waals surface area contributed by atoms with Crippen LogP contribution in [-0.2, 0) is 6.54 Å². The lowest BCUT2D eigenvalue weighted by Gasteiger charge is -2.35. The molecule has 2 aromatic rings. The summed E-state index contributed by atoms with van der Waals surface area (Å²) >= 11 is 0. The average molecular weight is 271 g/mol. The summed E-state index contributed by atoms with van der Waals surface area (Å²) in [6, 6.07) is 5.88. The second-order valence-electron chi connectivity index (χ2n) is 4.89. The lowest BCUT2D eigenvalue weighted by atomic mass is 10.1. The second-order valence-corrected chi connectivity index (χ2v) is 4.89. The topological polar surface area (TPSA) is 47.5 Å². The normalized spacial score (nSPS) is 17.3. The summed E-state index contributed by atoms with van der Waals surface area (Å²) in [5.74, 6) is 1.72. The number of fused-ring (bicyclic) bond motifs is 1. The monoisotopic (exact) mass is 271 g/mol. The van der Waals surface area contributed by atoms with Crippen LogP contribution in [0.2, 0.25) is 0 Å². The summed E-state index contributed by atoms with van der Waals surface area (Å²) in [5.41, 5.74) is 2.13. The first kappa shape index (κ1) is 12.7. The molecule has 20 heavy (non-hydrogen) atoms. The van der Waals surface area contributed by atoms with Crippen molar-refractivity contribution in [2.45, 2.75) is 19.6 Å². The van der Waals surface area contributed by atoms with Gasteiger partial charge in [-0.15, -0.1) is 0 Å².